The van der Waals surface area contributed by atoms with Crippen LogP contribution in [0.3, 0.4) is 0 Å². The average molecular weight is 301 g/mol. The first kappa shape index (κ1) is 16.6. The molecule has 0 aliphatic heterocycles. The summed E-state index contributed by atoms with van der Waals surface area (Å²) in [6, 6.07) is 6.01. The summed E-state index contributed by atoms with van der Waals surface area (Å²) in [6.45, 7) is 1.71. The molecule has 1 N–H and O–H groups in total. The van der Waals surface area contributed by atoms with Crippen LogP contribution in [0.5, 0.6) is 5.75 Å². The molecule has 2 amide bonds. The van der Waals surface area contributed by atoms with Crippen LogP contribution in [0.25, 0.3) is 0 Å². The molecular formula is C13H14F3N3O2. The highest BCUT2D eigenvalue weighted by Crippen LogP contribution is 2.24. The van der Waals surface area contributed by atoms with Crippen molar-refractivity contribution in [1.82, 2.24) is 4.90 Å². The quantitative estimate of drug-likeness (QED) is 0.927. The number of nitrogens with zero attached hydrogens (tertiary/aromatic N) is 2. The molecule has 1 atom stereocenters. The summed E-state index contributed by atoms with van der Waals surface area (Å²) in [5.74, 6) is -0.369. The number of urea groups is 1. The Bertz CT molecular complexity index is 523. The molecule has 0 bridgehead atoms. The number of carbonyl (C=O) groups excluding carboxylic acids is 1. The lowest BCUT2D eigenvalue weighted by Crippen LogP contribution is -2.38. The number of halogens is 3. The van der Waals surface area contributed by atoms with Crippen molar-refractivity contribution < 1.29 is 22.7 Å². The number of rotatable bonds is 4. The van der Waals surface area contributed by atoms with Crippen molar-refractivity contribution in [3.8, 4) is 11.8 Å². The molecule has 114 valence electrons. The standard InChI is InChI=1S/C13H14F3N3O2/c1-9(7-8-17)19(2)12(20)18-10-3-5-11(6-4-10)21-13(14,15)16/h3-6,9H,7H2,1-2H3,(H,18,20). The van der Waals surface area contributed by atoms with Gasteiger partial charge < -0.3 is 15.0 Å². The summed E-state index contributed by atoms with van der Waals surface area (Å²) in [6.07, 6.45) is -4.57. The Morgan fingerprint density at radius 3 is 2.48 bits per heavy atom. The van der Waals surface area contributed by atoms with E-state index in [1.165, 1.54) is 24.1 Å². The van der Waals surface area contributed by atoms with Gasteiger partial charge in [0, 0.05) is 18.8 Å². The van der Waals surface area contributed by atoms with Gasteiger partial charge in [-0.15, -0.1) is 13.2 Å². The van der Waals surface area contributed by atoms with Crippen LogP contribution in [0.4, 0.5) is 23.7 Å². The number of hydrogen-bond acceptors (Lipinski definition) is 3. The van der Waals surface area contributed by atoms with Gasteiger partial charge in [-0.25, -0.2) is 4.79 Å². The molecule has 1 rings (SSSR count). The number of alkyl halides is 3. The fourth-order valence-electron chi connectivity index (χ4n) is 1.42. The van der Waals surface area contributed by atoms with E-state index in [2.05, 4.69) is 10.1 Å². The Labute approximate surface area is 119 Å². The third-order valence-corrected chi connectivity index (χ3v) is 2.71. The zero-order valence-electron chi connectivity index (χ0n) is 11.4. The van der Waals surface area contributed by atoms with E-state index in [1.807, 2.05) is 6.07 Å². The van der Waals surface area contributed by atoms with E-state index in [0.717, 1.165) is 12.1 Å². The van der Waals surface area contributed by atoms with Gasteiger partial charge in [-0.1, -0.05) is 0 Å². The van der Waals surface area contributed by atoms with Crippen molar-refractivity contribution in [2.45, 2.75) is 25.7 Å². The Morgan fingerprint density at radius 1 is 1.43 bits per heavy atom. The normalized spacial score (nSPS) is 12.2. The summed E-state index contributed by atoms with van der Waals surface area (Å²) >= 11 is 0. The molecule has 1 aromatic rings. The highest BCUT2D eigenvalue weighted by atomic mass is 19.4. The Morgan fingerprint density at radius 2 is 2.00 bits per heavy atom. The number of anilines is 1. The highest BCUT2D eigenvalue weighted by molar-refractivity contribution is 5.89. The lowest BCUT2D eigenvalue weighted by Gasteiger charge is -2.23. The van der Waals surface area contributed by atoms with Crippen molar-refractivity contribution >= 4 is 11.7 Å². The van der Waals surface area contributed by atoms with Gasteiger partial charge in [-0.05, 0) is 31.2 Å². The first-order valence-electron chi connectivity index (χ1n) is 5.99. The number of carbonyl (C=O) groups is 1. The van der Waals surface area contributed by atoms with E-state index in [4.69, 9.17) is 5.26 Å². The number of hydrogen-bond donors (Lipinski definition) is 1. The minimum atomic E-state index is -4.75. The predicted molar refractivity (Wildman–Crippen MR) is 69.6 cm³/mol. The fourth-order valence-corrected chi connectivity index (χ4v) is 1.42. The first-order chi connectivity index (χ1) is 9.73. The van der Waals surface area contributed by atoms with Crippen LogP contribution >= 0.6 is 0 Å². The molecular weight excluding hydrogens is 287 g/mol. The molecule has 0 heterocycles. The summed E-state index contributed by atoms with van der Waals surface area (Å²) in [7, 11) is 1.53. The van der Waals surface area contributed by atoms with Crippen LogP contribution in [0.1, 0.15) is 13.3 Å². The molecule has 0 saturated carbocycles. The minimum Gasteiger partial charge on any atom is -0.406 e. The van der Waals surface area contributed by atoms with E-state index < -0.39 is 12.4 Å². The van der Waals surface area contributed by atoms with Crippen molar-refractivity contribution in [2.24, 2.45) is 0 Å². The van der Waals surface area contributed by atoms with E-state index in [9.17, 15) is 18.0 Å². The van der Waals surface area contributed by atoms with Crippen LogP contribution < -0.4 is 10.1 Å². The second kappa shape index (κ2) is 6.83. The lowest BCUT2D eigenvalue weighted by atomic mass is 10.2. The van der Waals surface area contributed by atoms with Crippen LogP contribution in [0.2, 0.25) is 0 Å². The highest BCUT2D eigenvalue weighted by Gasteiger charge is 2.31. The number of nitriles is 1. The maximum Gasteiger partial charge on any atom is 0.573 e. The third kappa shape index (κ3) is 5.60. The summed E-state index contributed by atoms with van der Waals surface area (Å²) in [4.78, 5) is 13.2. The second-order valence-electron chi connectivity index (χ2n) is 4.32. The molecule has 0 aromatic heterocycles. The van der Waals surface area contributed by atoms with E-state index in [-0.39, 0.29) is 18.2 Å². The molecule has 0 aliphatic carbocycles. The van der Waals surface area contributed by atoms with Gasteiger partial charge in [0.05, 0.1) is 12.5 Å². The smallest absolute Gasteiger partial charge is 0.406 e. The third-order valence-electron chi connectivity index (χ3n) is 2.71. The van der Waals surface area contributed by atoms with Gasteiger partial charge in [0.25, 0.3) is 0 Å². The molecule has 0 aliphatic rings. The lowest BCUT2D eigenvalue weighted by molar-refractivity contribution is -0.274. The monoisotopic (exact) mass is 301 g/mol. The van der Waals surface area contributed by atoms with E-state index >= 15 is 0 Å². The summed E-state index contributed by atoms with van der Waals surface area (Å²) in [5.41, 5.74) is 0.325. The van der Waals surface area contributed by atoms with Crippen molar-refractivity contribution in [2.75, 3.05) is 12.4 Å². The molecule has 1 aromatic carbocycles. The van der Waals surface area contributed by atoms with Gasteiger partial charge in [0.15, 0.2) is 0 Å². The van der Waals surface area contributed by atoms with Gasteiger partial charge in [-0.2, -0.15) is 5.26 Å². The number of nitrogens with one attached hydrogen (secondary N) is 1. The van der Waals surface area contributed by atoms with Crippen LogP contribution in [0, 0.1) is 11.3 Å². The summed E-state index contributed by atoms with van der Waals surface area (Å²) < 4.78 is 39.7. The SMILES string of the molecule is CC(CC#N)N(C)C(=O)Nc1ccc(OC(F)(F)F)cc1. The van der Waals surface area contributed by atoms with Gasteiger partial charge >= 0.3 is 12.4 Å². The molecule has 8 heteroatoms. The van der Waals surface area contributed by atoms with Gasteiger partial charge in [0.1, 0.15) is 5.75 Å². The average Bonchev–Trinajstić information content (AvgIpc) is 2.38. The zero-order valence-corrected chi connectivity index (χ0v) is 11.4. The number of ether oxygens (including phenoxy) is 1. The number of amides is 2. The van der Waals surface area contributed by atoms with Crippen LogP contribution in [-0.2, 0) is 0 Å². The van der Waals surface area contributed by atoms with Crippen molar-refractivity contribution in [3.05, 3.63) is 24.3 Å². The zero-order chi connectivity index (χ0) is 16.0. The Hall–Kier alpha value is -2.43. The summed E-state index contributed by atoms with van der Waals surface area (Å²) in [5, 5.41) is 11.1. The molecule has 0 spiro atoms. The predicted octanol–water partition coefficient (Wildman–Crippen LogP) is 3.35. The minimum absolute atomic E-state index is 0.183. The second-order valence-corrected chi connectivity index (χ2v) is 4.32. The molecule has 5 nitrogen and oxygen atoms in total. The Kier molecular flexibility index (Phi) is 5.41. The van der Waals surface area contributed by atoms with Gasteiger partial charge in [-0.3, -0.25) is 0 Å². The topological polar surface area (TPSA) is 65.4 Å². The maximum atomic E-state index is 12.0. The number of benzene rings is 1. The molecule has 1 unspecified atom stereocenters. The van der Waals surface area contributed by atoms with Crippen molar-refractivity contribution in [3.63, 3.8) is 0 Å². The Balaban J connectivity index is 2.63. The van der Waals surface area contributed by atoms with Crippen LogP contribution in [-0.4, -0.2) is 30.4 Å². The largest absolute Gasteiger partial charge is 0.573 e. The molecule has 0 saturated heterocycles. The molecule has 0 fully saturated rings. The molecule has 0 radical (unpaired) electrons. The van der Waals surface area contributed by atoms with E-state index in [0.29, 0.717) is 5.69 Å². The fraction of sp³-hybridized carbons (Fsp3) is 0.385. The van der Waals surface area contributed by atoms with E-state index in [1.54, 1.807) is 6.92 Å². The first-order valence-corrected chi connectivity index (χ1v) is 5.99. The molecule has 21 heavy (non-hydrogen) atoms. The van der Waals surface area contributed by atoms with Crippen molar-refractivity contribution in [1.29, 1.82) is 5.26 Å². The maximum absolute atomic E-state index is 12.0. The van der Waals surface area contributed by atoms with Gasteiger partial charge in [0.2, 0.25) is 0 Å². The van der Waals surface area contributed by atoms with Crippen LogP contribution in [0.15, 0.2) is 24.3 Å².